The third-order valence-corrected chi connectivity index (χ3v) is 5.07. The number of aromatic nitrogens is 2. The Kier molecular flexibility index (Phi) is 6.39. The van der Waals surface area contributed by atoms with E-state index in [-0.39, 0.29) is 18.3 Å². The Bertz CT molecular complexity index is 704. The van der Waals surface area contributed by atoms with Crippen LogP contribution < -0.4 is 0 Å². The summed E-state index contributed by atoms with van der Waals surface area (Å²) in [4.78, 5) is 16.5. The second-order valence-corrected chi connectivity index (χ2v) is 7.13. The van der Waals surface area contributed by atoms with Crippen molar-refractivity contribution in [2.45, 2.75) is 25.8 Å². The standard InChI is InChI=1S/C20H27FN4O/c1-23(20(26)16-25-12-5-10-22-25)14-17-6-4-11-24(15-17)13-9-18-7-2-3-8-19(18)21/h2-3,5,7-8,10,12,17H,4,6,9,11,13-16H2,1H3. The molecule has 3 rings (SSSR count). The Hall–Kier alpha value is -2.21. The first-order chi connectivity index (χ1) is 12.6. The molecule has 6 heteroatoms. The molecular formula is C20H27FN4O. The van der Waals surface area contributed by atoms with Crippen molar-refractivity contribution in [2.24, 2.45) is 5.92 Å². The van der Waals surface area contributed by atoms with Crippen LogP contribution in [-0.2, 0) is 17.8 Å². The van der Waals surface area contributed by atoms with Gasteiger partial charge in [-0.25, -0.2) is 4.39 Å². The Morgan fingerprint density at radius 2 is 2.19 bits per heavy atom. The predicted octanol–water partition coefficient (Wildman–Crippen LogP) is 2.44. The van der Waals surface area contributed by atoms with E-state index < -0.39 is 0 Å². The van der Waals surface area contributed by atoms with E-state index in [0.717, 1.165) is 51.0 Å². The first kappa shape index (κ1) is 18.6. The summed E-state index contributed by atoms with van der Waals surface area (Å²) in [5.41, 5.74) is 0.779. The number of hydrogen-bond donors (Lipinski definition) is 0. The molecule has 26 heavy (non-hydrogen) atoms. The van der Waals surface area contributed by atoms with Crippen LogP contribution in [0.5, 0.6) is 0 Å². The van der Waals surface area contributed by atoms with E-state index in [1.54, 1.807) is 23.1 Å². The van der Waals surface area contributed by atoms with Gasteiger partial charge in [-0.2, -0.15) is 5.10 Å². The molecule has 1 fully saturated rings. The molecule has 1 aliphatic heterocycles. The molecule has 0 radical (unpaired) electrons. The number of piperidine rings is 1. The molecule has 1 unspecified atom stereocenters. The fourth-order valence-electron chi connectivity index (χ4n) is 3.63. The highest BCUT2D eigenvalue weighted by molar-refractivity contribution is 5.75. The van der Waals surface area contributed by atoms with Gasteiger partial charge in [0.2, 0.25) is 5.91 Å². The van der Waals surface area contributed by atoms with Crippen LogP contribution in [0.4, 0.5) is 4.39 Å². The largest absolute Gasteiger partial charge is 0.344 e. The predicted molar refractivity (Wildman–Crippen MR) is 99.1 cm³/mol. The molecule has 140 valence electrons. The smallest absolute Gasteiger partial charge is 0.244 e. The van der Waals surface area contributed by atoms with E-state index in [0.29, 0.717) is 5.92 Å². The summed E-state index contributed by atoms with van der Waals surface area (Å²) in [5.74, 6) is 0.429. The van der Waals surface area contributed by atoms with Crippen LogP contribution >= 0.6 is 0 Å². The molecule has 0 bridgehead atoms. The lowest BCUT2D eigenvalue weighted by molar-refractivity contribution is -0.131. The van der Waals surface area contributed by atoms with Crippen LogP contribution in [0.3, 0.4) is 0 Å². The fraction of sp³-hybridized carbons (Fsp3) is 0.500. The molecule has 2 aromatic rings. The van der Waals surface area contributed by atoms with E-state index in [4.69, 9.17) is 0 Å². The summed E-state index contributed by atoms with van der Waals surface area (Å²) in [7, 11) is 1.87. The molecule has 0 N–H and O–H groups in total. The second-order valence-electron chi connectivity index (χ2n) is 7.13. The zero-order chi connectivity index (χ0) is 18.4. The number of hydrogen-bond acceptors (Lipinski definition) is 3. The van der Waals surface area contributed by atoms with Crippen molar-refractivity contribution >= 4 is 5.91 Å². The normalized spacial score (nSPS) is 18.0. The van der Waals surface area contributed by atoms with E-state index >= 15 is 0 Å². The van der Waals surface area contributed by atoms with E-state index in [1.807, 2.05) is 30.1 Å². The SMILES string of the molecule is CN(CC1CCCN(CCc2ccccc2F)C1)C(=O)Cn1cccn1. The molecule has 0 spiro atoms. The number of likely N-dealkylation sites (N-methyl/N-ethyl adjacent to an activating group) is 1. The third kappa shape index (κ3) is 5.14. The van der Waals surface area contributed by atoms with Crippen molar-refractivity contribution in [3.8, 4) is 0 Å². The van der Waals surface area contributed by atoms with Gasteiger partial charge in [-0.05, 0) is 49.4 Å². The van der Waals surface area contributed by atoms with Crippen LogP contribution in [0.15, 0.2) is 42.7 Å². The maximum atomic E-state index is 13.8. The minimum atomic E-state index is -0.120. The van der Waals surface area contributed by atoms with Gasteiger partial charge in [-0.1, -0.05) is 18.2 Å². The molecule has 1 aromatic heterocycles. The summed E-state index contributed by atoms with van der Waals surface area (Å²) in [6, 6.07) is 8.82. The number of benzene rings is 1. The Balaban J connectivity index is 1.45. The van der Waals surface area contributed by atoms with Crippen molar-refractivity contribution < 1.29 is 9.18 Å². The lowest BCUT2D eigenvalue weighted by Crippen LogP contribution is -2.43. The number of carbonyl (C=O) groups is 1. The number of nitrogens with zero attached hydrogens (tertiary/aromatic N) is 4. The minimum absolute atomic E-state index is 0.0807. The van der Waals surface area contributed by atoms with Crippen LogP contribution in [0.2, 0.25) is 0 Å². The summed E-state index contributed by atoms with van der Waals surface area (Å²) < 4.78 is 15.4. The van der Waals surface area contributed by atoms with Gasteiger partial charge in [0, 0.05) is 39.1 Å². The number of amides is 1. The highest BCUT2D eigenvalue weighted by Gasteiger charge is 2.23. The molecule has 1 atom stereocenters. The average Bonchev–Trinajstić information content (AvgIpc) is 3.14. The Morgan fingerprint density at radius 1 is 1.35 bits per heavy atom. The van der Waals surface area contributed by atoms with Crippen molar-refractivity contribution in [1.82, 2.24) is 19.6 Å². The Labute approximate surface area is 154 Å². The van der Waals surface area contributed by atoms with Gasteiger partial charge in [0.25, 0.3) is 0 Å². The topological polar surface area (TPSA) is 41.4 Å². The van der Waals surface area contributed by atoms with E-state index in [2.05, 4.69) is 10.00 Å². The maximum Gasteiger partial charge on any atom is 0.244 e. The second kappa shape index (κ2) is 8.94. The zero-order valence-electron chi connectivity index (χ0n) is 15.4. The monoisotopic (exact) mass is 358 g/mol. The van der Waals surface area contributed by atoms with Crippen molar-refractivity contribution in [3.05, 3.63) is 54.1 Å². The maximum absolute atomic E-state index is 13.8. The van der Waals surface area contributed by atoms with Crippen LogP contribution in [0.1, 0.15) is 18.4 Å². The molecule has 0 saturated carbocycles. The van der Waals surface area contributed by atoms with Crippen molar-refractivity contribution in [2.75, 3.05) is 33.2 Å². The molecular weight excluding hydrogens is 331 g/mol. The molecule has 1 aliphatic rings. The molecule has 5 nitrogen and oxygen atoms in total. The van der Waals surface area contributed by atoms with Crippen molar-refractivity contribution in [3.63, 3.8) is 0 Å². The number of likely N-dealkylation sites (tertiary alicyclic amines) is 1. The number of carbonyl (C=O) groups excluding carboxylic acids is 1. The third-order valence-electron chi connectivity index (χ3n) is 5.07. The first-order valence-electron chi connectivity index (χ1n) is 9.29. The molecule has 1 saturated heterocycles. The van der Waals surface area contributed by atoms with Gasteiger partial charge in [-0.3, -0.25) is 9.48 Å². The van der Waals surface area contributed by atoms with Crippen molar-refractivity contribution in [1.29, 1.82) is 0 Å². The highest BCUT2D eigenvalue weighted by atomic mass is 19.1. The fourth-order valence-corrected chi connectivity index (χ4v) is 3.63. The Morgan fingerprint density at radius 3 is 2.96 bits per heavy atom. The summed E-state index contributed by atoms with van der Waals surface area (Å²) in [5, 5.41) is 4.09. The van der Waals surface area contributed by atoms with Gasteiger partial charge in [-0.15, -0.1) is 0 Å². The highest BCUT2D eigenvalue weighted by Crippen LogP contribution is 2.18. The lowest BCUT2D eigenvalue weighted by atomic mass is 9.97. The first-order valence-corrected chi connectivity index (χ1v) is 9.29. The number of halogens is 1. The summed E-state index contributed by atoms with van der Waals surface area (Å²) in [6.45, 7) is 3.93. The van der Waals surface area contributed by atoms with Gasteiger partial charge < -0.3 is 9.80 Å². The lowest BCUT2D eigenvalue weighted by Gasteiger charge is -2.34. The molecule has 1 aromatic carbocycles. The van der Waals surface area contributed by atoms with E-state index in [1.165, 1.54) is 6.07 Å². The van der Waals surface area contributed by atoms with Crippen LogP contribution in [0.25, 0.3) is 0 Å². The van der Waals surface area contributed by atoms with Gasteiger partial charge in [0.15, 0.2) is 0 Å². The average molecular weight is 358 g/mol. The van der Waals surface area contributed by atoms with Gasteiger partial charge in [0.05, 0.1) is 0 Å². The van der Waals surface area contributed by atoms with Crippen LogP contribution in [-0.4, -0.2) is 58.7 Å². The summed E-state index contributed by atoms with van der Waals surface area (Å²) in [6.07, 6.45) is 6.48. The van der Waals surface area contributed by atoms with Gasteiger partial charge >= 0.3 is 0 Å². The minimum Gasteiger partial charge on any atom is -0.344 e. The molecule has 1 amide bonds. The van der Waals surface area contributed by atoms with E-state index in [9.17, 15) is 9.18 Å². The molecule has 2 heterocycles. The summed E-state index contributed by atoms with van der Waals surface area (Å²) >= 11 is 0. The quantitative estimate of drug-likeness (QED) is 0.763. The van der Waals surface area contributed by atoms with Gasteiger partial charge in [0.1, 0.15) is 12.4 Å². The number of rotatable bonds is 7. The molecule has 0 aliphatic carbocycles. The van der Waals surface area contributed by atoms with Crippen LogP contribution in [0, 0.1) is 11.7 Å². The zero-order valence-corrected chi connectivity index (χ0v) is 15.4.